The van der Waals surface area contributed by atoms with E-state index in [1.165, 1.54) is 0 Å². The van der Waals surface area contributed by atoms with E-state index in [4.69, 9.17) is 5.11 Å². The SMILES string of the molecule is O=C([NH][AlH2])ON1C(=O)CCC1O. The summed E-state index contributed by atoms with van der Waals surface area (Å²) in [4.78, 5) is 26.1. The van der Waals surface area contributed by atoms with Crippen molar-refractivity contribution < 1.29 is 19.5 Å². The lowest BCUT2D eigenvalue weighted by atomic mass is 10.4. The fraction of sp³-hybridized carbons (Fsp3) is 0.600. The van der Waals surface area contributed by atoms with E-state index in [-0.39, 0.29) is 12.3 Å². The van der Waals surface area contributed by atoms with Gasteiger partial charge in [0.2, 0.25) is 0 Å². The van der Waals surface area contributed by atoms with Crippen LogP contribution >= 0.6 is 0 Å². The normalized spacial score (nSPS) is 22.6. The van der Waals surface area contributed by atoms with Crippen LogP contribution in [-0.2, 0) is 9.63 Å². The second-order valence-electron chi connectivity index (χ2n) is 2.37. The van der Waals surface area contributed by atoms with Gasteiger partial charge < -0.3 is 14.2 Å². The highest BCUT2D eigenvalue weighted by atomic mass is 27.1. The molecule has 6 nitrogen and oxygen atoms in total. The molecule has 0 aromatic carbocycles. The highest BCUT2D eigenvalue weighted by molar-refractivity contribution is 6.12. The molecule has 12 heavy (non-hydrogen) atoms. The molecule has 0 aromatic heterocycles. The number of aliphatic hydroxyl groups is 1. The quantitative estimate of drug-likeness (QED) is 0.472. The third-order valence-corrected chi connectivity index (χ3v) is 1.93. The molecule has 1 unspecified atom stereocenters. The van der Waals surface area contributed by atoms with Crippen molar-refractivity contribution in [2.75, 3.05) is 0 Å². The number of carbonyl (C=O) groups is 2. The first-order valence-electron chi connectivity index (χ1n) is 3.55. The molecule has 1 fully saturated rings. The average Bonchev–Trinajstić information content (AvgIpc) is 2.35. The highest BCUT2D eigenvalue weighted by Gasteiger charge is 2.32. The molecule has 1 aliphatic heterocycles. The summed E-state index contributed by atoms with van der Waals surface area (Å²) in [5.41, 5.74) is 0. The van der Waals surface area contributed by atoms with Gasteiger partial charge in [0.05, 0.1) is 0 Å². The van der Waals surface area contributed by atoms with Crippen LogP contribution in [0.1, 0.15) is 12.8 Å². The Kier molecular flexibility index (Phi) is 2.92. The van der Waals surface area contributed by atoms with Crippen LogP contribution in [0.3, 0.4) is 0 Å². The van der Waals surface area contributed by atoms with Crippen molar-refractivity contribution in [1.29, 1.82) is 0 Å². The van der Waals surface area contributed by atoms with E-state index in [0.717, 1.165) is 0 Å². The van der Waals surface area contributed by atoms with Crippen molar-refractivity contribution >= 4 is 28.5 Å². The van der Waals surface area contributed by atoms with Crippen molar-refractivity contribution in [3.8, 4) is 0 Å². The van der Waals surface area contributed by atoms with Gasteiger partial charge in [0.15, 0.2) is 6.23 Å². The molecular weight excluding hydrogens is 179 g/mol. The first-order valence-corrected chi connectivity index (χ1v) is 4.55. The summed E-state index contributed by atoms with van der Waals surface area (Å²) in [5.74, 6) is -0.368. The van der Waals surface area contributed by atoms with Crippen molar-refractivity contribution in [2.45, 2.75) is 19.1 Å². The van der Waals surface area contributed by atoms with Crippen molar-refractivity contribution in [1.82, 2.24) is 9.36 Å². The van der Waals surface area contributed by atoms with Crippen LogP contribution in [0, 0.1) is 0 Å². The van der Waals surface area contributed by atoms with Gasteiger partial charge in [-0.3, -0.25) is 4.79 Å². The minimum atomic E-state index is -0.989. The number of hydrogen-bond acceptors (Lipinski definition) is 4. The van der Waals surface area contributed by atoms with Crippen LogP contribution in [-0.4, -0.2) is 44.9 Å². The molecule has 7 heteroatoms. The minimum absolute atomic E-state index is 0.218. The van der Waals surface area contributed by atoms with E-state index in [9.17, 15) is 9.59 Å². The zero-order valence-corrected chi connectivity index (χ0v) is 8.61. The Morgan fingerprint density at radius 2 is 2.50 bits per heavy atom. The van der Waals surface area contributed by atoms with E-state index in [2.05, 4.69) is 9.14 Å². The summed E-state index contributed by atoms with van der Waals surface area (Å²) in [6.45, 7) is 0. The predicted molar refractivity (Wildman–Crippen MR) is 40.2 cm³/mol. The van der Waals surface area contributed by atoms with E-state index in [1.807, 2.05) is 0 Å². The van der Waals surface area contributed by atoms with Gasteiger partial charge in [-0.15, -0.1) is 5.06 Å². The second kappa shape index (κ2) is 3.76. The molecule has 2 N–H and O–H groups in total. The summed E-state index contributed by atoms with van der Waals surface area (Å²) in [7, 11) is 0. The maximum absolute atomic E-state index is 10.9. The predicted octanol–water partition coefficient (Wildman–Crippen LogP) is -1.88. The fourth-order valence-electron chi connectivity index (χ4n) is 0.893. The Morgan fingerprint density at radius 3 is 2.92 bits per heavy atom. The summed E-state index contributed by atoms with van der Waals surface area (Å²) in [6, 6.07) is 0. The average molecular weight is 188 g/mol. The van der Waals surface area contributed by atoms with Crippen LogP contribution in [0.2, 0.25) is 0 Å². The number of carbonyl (C=O) groups excluding carboxylic acids is 2. The Morgan fingerprint density at radius 1 is 1.83 bits per heavy atom. The van der Waals surface area contributed by atoms with Gasteiger partial charge >= 0.3 is 22.6 Å². The van der Waals surface area contributed by atoms with Gasteiger partial charge in [-0.1, -0.05) is 0 Å². The largest absolute Gasteiger partial charge is 0.417 e. The van der Waals surface area contributed by atoms with Crippen LogP contribution in [0.15, 0.2) is 0 Å². The van der Waals surface area contributed by atoms with Gasteiger partial charge in [0, 0.05) is 12.8 Å². The number of amides is 2. The molecule has 0 bridgehead atoms. The summed E-state index contributed by atoms with van der Waals surface area (Å²) in [6.07, 6.45) is -1.16. The molecule has 66 valence electrons. The summed E-state index contributed by atoms with van der Waals surface area (Å²) in [5, 5.41) is 9.82. The van der Waals surface area contributed by atoms with Gasteiger partial charge in [0.1, 0.15) is 0 Å². The first kappa shape index (κ1) is 9.32. The molecular formula is C5H9AlN2O4. The fourth-order valence-corrected chi connectivity index (χ4v) is 0.984. The number of hydrogen-bond donors (Lipinski definition) is 2. The van der Waals surface area contributed by atoms with Crippen LogP contribution in [0.4, 0.5) is 4.79 Å². The molecule has 2 amide bonds. The number of nitrogens with one attached hydrogen (secondary N) is 1. The Labute approximate surface area is 77.1 Å². The zero-order chi connectivity index (χ0) is 9.14. The van der Waals surface area contributed by atoms with Crippen LogP contribution in [0.25, 0.3) is 0 Å². The van der Waals surface area contributed by atoms with E-state index < -0.39 is 12.3 Å². The Hall–Kier alpha value is -0.768. The van der Waals surface area contributed by atoms with E-state index >= 15 is 0 Å². The van der Waals surface area contributed by atoms with Crippen molar-refractivity contribution in [3.63, 3.8) is 0 Å². The van der Waals surface area contributed by atoms with Crippen molar-refractivity contribution in [3.05, 3.63) is 0 Å². The standard InChI is InChI=1S/C5H8N2O4.Al.2H/c6-5(10)11-7-3(8)1-2-4(7)9;;;/h3,8H,1-2H2,(H2,6,10);;;/q;+1;;/p-1. The van der Waals surface area contributed by atoms with Gasteiger partial charge in [-0.25, -0.2) is 4.79 Å². The number of nitrogens with zero attached hydrogens (tertiary/aromatic N) is 1. The smallest absolute Gasteiger partial charge is 0.407 e. The third kappa shape index (κ3) is 1.88. The molecule has 0 aliphatic carbocycles. The Bertz CT molecular complexity index is 210. The molecule has 0 saturated carbocycles. The number of hydroxylamine groups is 2. The monoisotopic (exact) mass is 188 g/mol. The molecule has 1 aliphatic rings. The van der Waals surface area contributed by atoms with E-state index in [0.29, 0.717) is 28.0 Å². The van der Waals surface area contributed by atoms with Crippen LogP contribution < -0.4 is 4.30 Å². The molecule has 1 heterocycles. The first-order chi connectivity index (χ1) is 5.65. The van der Waals surface area contributed by atoms with Gasteiger partial charge in [-0.2, -0.15) is 0 Å². The molecule has 0 aromatic rings. The van der Waals surface area contributed by atoms with Gasteiger partial charge in [0.25, 0.3) is 5.91 Å². The molecule has 0 spiro atoms. The topological polar surface area (TPSA) is 78.9 Å². The zero-order valence-electron chi connectivity index (χ0n) is 6.61. The van der Waals surface area contributed by atoms with E-state index in [1.54, 1.807) is 0 Å². The maximum Gasteiger partial charge on any atom is 0.407 e. The highest BCUT2D eigenvalue weighted by Crippen LogP contribution is 2.16. The molecule has 1 rings (SSSR count). The third-order valence-electron chi connectivity index (χ3n) is 1.52. The molecule has 0 radical (unpaired) electrons. The number of aliphatic hydroxyl groups excluding tert-OH is 1. The second-order valence-corrected chi connectivity index (χ2v) is 2.87. The lowest BCUT2D eigenvalue weighted by Crippen LogP contribution is -2.38. The lowest BCUT2D eigenvalue weighted by Gasteiger charge is -2.18. The van der Waals surface area contributed by atoms with Crippen LogP contribution in [0.5, 0.6) is 0 Å². The minimum Gasteiger partial charge on any atom is -0.417 e. The lowest BCUT2D eigenvalue weighted by molar-refractivity contribution is -0.189. The molecule has 1 atom stereocenters. The van der Waals surface area contributed by atoms with Gasteiger partial charge in [-0.05, 0) is 0 Å². The summed E-state index contributed by atoms with van der Waals surface area (Å²) >= 11 is 0.446. The maximum atomic E-state index is 10.9. The molecule has 1 saturated heterocycles. The summed E-state index contributed by atoms with van der Waals surface area (Å²) < 4.78 is 2.31. The van der Waals surface area contributed by atoms with Crippen molar-refractivity contribution in [2.24, 2.45) is 0 Å². The Balaban J connectivity index is 2.50. The number of rotatable bonds is 1.